The molecule has 0 aliphatic carbocycles. The SMILES string of the molecule is Cc1ccc(C#N)cc1Nc1ccc([N+](=O)[O-])c(N)c1. The minimum Gasteiger partial charge on any atom is -0.393 e. The van der Waals surface area contributed by atoms with E-state index in [1.807, 2.05) is 13.0 Å². The van der Waals surface area contributed by atoms with Gasteiger partial charge in [-0.15, -0.1) is 0 Å². The fourth-order valence-electron chi connectivity index (χ4n) is 1.78. The van der Waals surface area contributed by atoms with Crippen molar-refractivity contribution in [3.05, 3.63) is 57.6 Å². The molecular weight excluding hydrogens is 256 g/mol. The van der Waals surface area contributed by atoms with Gasteiger partial charge < -0.3 is 11.1 Å². The molecule has 0 aliphatic heterocycles. The van der Waals surface area contributed by atoms with Crippen molar-refractivity contribution >= 4 is 22.7 Å². The number of rotatable bonds is 3. The van der Waals surface area contributed by atoms with E-state index in [0.717, 1.165) is 11.3 Å². The molecule has 0 unspecified atom stereocenters. The summed E-state index contributed by atoms with van der Waals surface area (Å²) in [4.78, 5) is 10.2. The van der Waals surface area contributed by atoms with E-state index in [1.165, 1.54) is 12.1 Å². The third kappa shape index (κ3) is 2.67. The molecule has 3 N–H and O–H groups in total. The Morgan fingerprint density at radius 1 is 1.30 bits per heavy atom. The van der Waals surface area contributed by atoms with Crippen LogP contribution in [0.25, 0.3) is 0 Å². The summed E-state index contributed by atoms with van der Waals surface area (Å²) in [7, 11) is 0. The van der Waals surface area contributed by atoms with E-state index in [9.17, 15) is 10.1 Å². The maximum Gasteiger partial charge on any atom is 0.292 e. The van der Waals surface area contributed by atoms with Crippen molar-refractivity contribution in [1.29, 1.82) is 5.26 Å². The molecule has 0 radical (unpaired) electrons. The summed E-state index contributed by atoms with van der Waals surface area (Å²) < 4.78 is 0. The molecule has 0 aliphatic rings. The number of nitro benzene ring substituents is 1. The van der Waals surface area contributed by atoms with E-state index in [2.05, 4.69) is 11.4 Å². The zero-order valence-corrected chi connectivity index (χ0v) is 10.8. The zero-order chi connectivity index (χ0) is 14.7. The topological polar surface area (TPSA) is 105 Å². The van der Waals surface area contributed by atoms with Crippen molar-refractivity contribution in [3.63, 3.8) is 0 Å². The van der Waals surface area contributed by atoms with Gasteiger partial charge in [-0.1, -0.05) is 6.07 Å². The van der Waals surface area contributed by atoms with Gasteiger partial charge in [-0.05, 0) is 36.8 Å². The van der Waals surface area contributed by atoms with Gasteiger partial charge in [0.15, 0.2) is 0 Å². The van der Waals surface area contributed by atoms with Gasteiger partial charge in [-0.25, -0.2) is 0 Å². The second kappa shape index (κ2) is 5.28. The van der Waals surface area contributed by atoms with E-state index in [1.54, 1.807) is 18.2 Å². The zero-order valence-electron chi connectivity index (χ0n) is 10.8. The number of nitrogen functional groups attached to an aromatic ring is 1. The van der Waals surface area contributed by atoms with Gasteiger partial charge in [0.2, 0.25) is 0 Å². The van der Waals surface area contributed by atoms with Crippen LogP contribution in [0.5, 0.6) is 0 Å². The lowest BCUT2D eigenvalue weighted by atomic mass is 10.1. The largest absolute Gasteiger partial charge is 0.393 e. The molecule has 0 fully saturated rings. The van der Waals surface area contributed by atoms with Gasteiger partial charge in [-0.3, -0.25) is 10.1 Å². The first-order valence-electron chi connectivity index (χ1n) is 5.83. The Bertz CT molecular complexity index is 720. The molecule has 0 heterocycles. The van der Waals surface area contributed by atoms with Gasteiger partial charge in [0.25, 0.3) is 5.69 Å². The van der Waals surface area contributed by atoms with E-state index in [0.29, 0.717) is 11.3 Å². The molecular formula is C14H12N4O2. The highest BCUT2D eigenvalue weighted by molar-refractivity contribution is 5.71. The number of aryl methyl sites for hydroxylation is 1. The van der Waals surface area contributed by atoms with Crippen LogP contribution in [-0.4, -0.2) is 4.92 Å². The number of hydrogen-bond acceptors (Lipinski definition) is 5. The maximum absolute atomic E-state index is 10.7. The minimum absolute atomic E-state index is 0.0918. The highest BCUT2D eigenvalue weighted by Gasteiger charge is 2.11. The number of nitriles is 1. The molecule has 6 heteroatoms. The van der Waals surface area contributed by atoms with Gasteiger partial charge in [0.1, 0.15) is 5.69 Å². The fourth-order valence-corrected chi connectivity index (χ4v) is 1.78. The standard InChI is InChI=1S/C14H12N4O2/c1-9-2-3-10(8-15)6-13(9)17-11-4-5-14(18(19)20)12(16)7-11/h2-7,17H,16H2,1H3. The maximum atomic E-state index is 10.7. The monoisotopic (exact) mass is 268 g/mol. The molecule has 20 heavy (non-hydrogen) atoms. The van der Waals surface area contributed by atoms with Gasteiger partial charge in [0, 0.05) is 17.4 Å². The van der Waals surface area contributed by atoms with E-state index in [-0.39, 0.29) is 11.4 Å². The van der Waals surface area contributed by atoms with E-state index >= 15 is 0 Å². The summed E-state index contributed by atoms with van der Waals surface area (Å²) in [5.74, 6) is 0. The summed E-state index contributed by atoms with van der Waals surface area (Å²) >= 11 is 0. The molecule has 0 amide bonds. The van der Waals surface area contributed by atoms with Gasteiger partial charge >= 0.3 is 0 Å². The first-order valence-corrected chi connectivity index (χ1v) is 5.83. The van der Waals surface area contributed by atoms with Crippen molar-refractivity contribution in [2.45, 2.75) is 6.92 Å². The third-order valence-electron chi connectivity index (χ3n) is 2.87. The summed E-state index contributed by atoms with van der Waals surface area (Å²) in [6, 6.07) is 11.8. The van der Waals surface area contributed by atoms with Crippen molar-refractivity contribution in [2.75, 3.05) is 11.1 Å². The van der Waals surface area contributed by atoms with Crippen molar-refractivity contribution in [1.82, 2.24) is 0 Å². The average Bonchev–Trinajstić information content (AvgIpc) is 2.41. The summed E-state index contributed by atoms with van der Waals surface area (Å²) in [6.45, 7) is 1.90. The second-order valence-electron chi connectivity index (χ2n) is 4.30. The molecule has 2 aromatic carbocycles. The number of hydrogen-bond donors (Lipinski definition) is 2. The van der Waals surface area contributed by atoms with Crippen LogP contribution in [0.15, 0.2) is 36.4 Å². The number of nitrogens with two attached hydrogens (primary N) is 1. The van der Waals surface area contributed by atoms with Crippen molar-refractivity contribution < 1.29 is 4.92 Å². The van der Waals surface area contributed by atoms with Crippen LogP contribution in [0.3, 0.4) is 0 Å². The summed E-state index contributed by atoms with van der Waals surface area (Å²) in [6.07, 6.45) is 0. The van der Waals surface area contributed by atoms with Crippen LogP contribution in [0.1, 0.15) is 11.1 Å². The Balaban J connectivity index is 2.33. The number of nitrogens with one attached hydrogen (secondary N) is 1. The predicted octanol–water partition coefficient (Wildman–Crippen LogP) is 3.10. The lowest BCUT2D eigenvalue weighted by molar-refractivity contribution is -0.383. The highest BCUT2D eigenvalue weighted by Crippen LogP contribution is 2.28. The highest BCUT2D eigenvalue weighted by atomic mass is 16.6. The van der Waals surface area contributed by atoms with Crippen LogP contribution >= 0.6 is 0 Å². The first kappa shape index (κ1) is 13.4. The Kier molecular flexibility index (Phi) is 3.53. The number of anilines is 3. The molecule has 6 nitrogen and oxygen atoms in total. The van der Waals surface area contributed by atoms with Crippen LogP contribution < -0.4 is 11.1 Å². The average molecular weight is 268 g/mol. The molecule has 0 spiro atoms. The van der Waals surface area contributed by atoms with Gasteiger partial charge in [-0.2, -0.15) is 5.26 Å². The van der Waals surface area contributed by atoms with Crippen molar-refractivity contribution in [3.8, 4) is 6.07 Å². The number of nitro groups is 1. The molecule has 0 aromatic heterocycles. The number of nitrogens with zero attached hydrogens (tertiary/aromatic N) is 2. The van der Waals surface area contributed by atoms with Gasteiger partial charge in [0.05, 0.1) is 16.6 Å². The summed E-state index contributed by atoms with van der Waals surface area (Å²) in [5.41, 5.74) is 8.49. The lowest BCUT2D eigenvalue weighted by Gasteiger charge is -2.10. The van der Waals surface area contributed by atoms with Crippen LogP contribution in [-0.2, 0) is 0 Å². The van der Waals surface area contributed by atoms with E-state index < -0.39 is 4.92 Å². The molecule has 0 saturated heterocycles. The molecule has 100 valence electrons. The number of benzene rings is 2. The Morgan fingerprint density at radius 3 is 2.65 bits per heavy atom. The van der Waals surface area contributed by atoms with E-state index in [4.69, 9.17) is 11.0 Å². The summed E-state index contributed by atoms with van der Waals surface area (Å²) in [5, 5.41) is 22.7. The van der Waals surface area contributed by atoms with Crippen LogP contribution in [0, 0.1) is 28.4 Å². The predicted molar refractivity (Wildman–Crippen MR) is 76.7 cm³/mol. The Labute approximate surface area is 115 Å². The Hall–Kier alpha value is -3.07. The lowest BCUT2D eigenvalue weighted by Crippen LogP contribution is -1.98. The van der Waals surface area contributed by atoms with Crippen LogP contribution in [0.2, 0.25) is 0 Å². The molecule has 0 atom stereocenters. The fraction of sp³-hybridized carbons (Fsp3) is 0.0714. The van der Waals surface area contributed by atoms with Crippen LogP contribution in [0.4, 0.5) is 22.7 Å². The molecule has 2 aromatic rings. The normalized spacial score (nSPS) is 9.80. The Morgan fingerprint density at radius 2 is 2.05 bits per heavy atom. The second-order valence-corrected chi connectivity index (χ2v) is 4.30. The smallest absolute Gasteiger partial charge is 0.292 e. The van der Waals surface area contributed by atoms with Crippen molar-refractivity contribution in [2.24, 2.45) is 0 Å². The first-order chi connectivity index (χ1) is 9.51. The third-order valence-corrected chi connectivity index (χ3v) is 2.87. The molecule has 2 rings (SSSR count). The quantitative estimate of drug-likeness (QED) is 0.505. The molecule has 0 bridgehead atoms. The molecule has 0 saturated carbocycles. The minimum atomic E-state index is -0.527.